The molecule has 1 fully saturated rings. The Kier molecular flexibility index (Phi) is 8.14. The number of ketones is 1. The van der Waals surface area contributed by atoms with Gasteiger partial charge >= 0.3 is 0 Å². The first-order valence-electron chi connectivity index (χ1n) is 12.2. The molecule has 2 aromatic rings. The zero-order valence-corrected chi connectivity index (χ0v) is 22.6. The third-order valence-corrected chi connectivity index (χ3v) is 6.15. The van der Waals surface area contributed by atoms with E-state index in [0.717, 1.165) is 5.56 Å². The molecule has 0 aromatic heterocycles. The normalized spacial score (nSPS) is 17.8. The van der Waals surface area contributed by atoms with Crippen LogP contribution in [0, 0.1) is 0 Å². The monoisotopic (exact) mass is 494 g/mol. The Hall–Kier alpha value is -3.32. The zero-order valence-electron chi connectivity index (χ0n) is 22.6. The van der Waals surface area contributed by atoms with Crippen molar-refractivity contribution in [1.29, 1.82) is 0 Å². The topological polar surface area (TPSA) is 79.3 Å². The molecule has 0 saturated carbocycles. The van der Waals surface area contributed by atoms with E-state index in [9.17, 15) is 14.7 Å². The first kappa shape index (κ1) is 27.3. The fraction of sp³-hybridized carbons (Fsp3) is 0.448. The maximum absolute atomic E-state index is 13.3. The third kappa shape index (κ3) is 5.73. The lowest BCUT2D eigenvalue weighted by Gasteiger charge is -2.27. The Balaban J connectivity index is 2.21. The van der Waals surface area contributed by atoms with Gasteiger partial charge in [-0.1, -0.05) is 32.9 Å². The van der Waals surface area contributed by atoms with Crippen molar-refractivity contribution in [3.05, 3.63) is 64.7 Å². The zero-order chi connectivity index (χ0) is 26.8. The van der Waals surface area contributed by atoms with Gasteiger partial charge in [0.15, 0.2) is 0 Å². The number of amides is 1. The molecule has 36 heavy (non-hydrogen) atoms. The summed E-state index contributed by atoms with van der Waals surface area (Å²) in [5, 5.41) is 11.5. The lowest BCUT2D eigenvalue weighted by Crippen LogP contribution is -2.35. The highest BCUT2D eigenvalue weighted by Crippen LogP contribution is 2.41. The number of rotatable bonds is 8. The Morgan fingerprint density at radius 2 is 1.81 bits per heavy atom. The van der Waals surface area contributed by atoms with Gasteiger partial charge in [0.25, 0.3) is 11.7 Å². The molecule has 1 atom stereocenters. The molecule has 0 aliphatic carbocycles. The molecule has 0 spiro atoms. The summed E-state index contributed by atoms with van der Waals surface area (Å²) in [5.74, 6) is -0.183. The highest BCUT2D eigenvalue weighted by atomic mass is 16.5. The van der Waals surface area contributed by atoms with Crippen molar-refractivity contribution in [2.24, 2.45) is 0 Å². The van der Waals surface area contributed by atoms with E-state index in [1.165, 1.54) is 4.90 Å². The van der Waals surface area contributed by atoms with Gasteiger partial charge in [-0.2, -0.15) is 0 Å². The summed E-state index contributed by atoms with van der Waals surface area (Å²) in [5.41, 5.74) is 1.87. The van der Waals surface area contributed by atoms with Crippen LogP contribution in [-0.2, 0) is 15.0 Å². The van der Waals surface area contributed by atoms with Crippen LogP contribution < -0.4 is 9.47 Å². The number of ether oxygens (including phenoxy) is 2. The number of hydrogen-bond acceptors (Lipinski definition) is 6. The van der Waals surface area contributed by atoms with Gasteiger partial charge < -0.3 is 24.4 Å². The molecule has 194 valence electrons. The molecule has 1 aliphatic rings. The number of carbonyl (C=O) groups excluding carboxylic acids is 2. The van der Waals surface area contributed by atoms with Crippen LogP contribution in [-0.4, -0.2) is 67.0 Å². The number of methoxy groups -OCH3 is 1. The van der Waals surface area contributed by atoms with Gasteiger partial charge in [0.2, 0.25) is 0 Å². The minimum atomic E-state index is -0.735. The Labute approximate surface area is 214 Å². The maximum atomic E-state index is 13.3. The van der Waals surface area contributed by atoms with Crippen molar-refractivity contribution in [2.45, 2.75) is 52.2 Å². The van der Waals surface area contributed by atoms with Crippen LogP contribution in [0.2, 0.25) is 0 Å². The molecular weight excluding hydrogens is 456 g/mol. The van der Waals surface area contributed by atoms with E-state index >= 15 is 0 Å². The molecule has 1 aliphatic heterocycles. The molecule has 1 saturated heterocycles. The van der Waals surface area contributed by atoms with Crippen molar-refractivity contribution in [3.8, 4) is 11.5 Å². The smallest absolute Gasteiger partial charge is 0.295 e. The molecule has 0 bridgehead atoms. The van der Waals surface area contributed by atoms with Gasteiger partial charge in [0.05, 0.1) is 24.8 Å². The SMILES string of the molecule is COc1ccc(/C(O)=C2\C(=O)C(=O)N(CCN(C)C)C2c2cccc(OC(C)C)c2)cc1C(C)(C)C. The molecule has 3 rings (SSSR count). The summed E-state index contributed by atoms with van der Waals surface area (Å²) < 4.78 is 11.4. The summed E-state index contributed by atoms with van der Waals surface area (Å²) in [6.45, 7) is 10.9. The third-order valence-electron chi connectivity index (χ3n) is 6.15. The van der Waals surface area contributed by atoms with Crippen molar-refractivity contribution in [1.82, 2.24) is 9.80 Å². The number of hydrogen-bond donors (Lipinski definition) is 1. The Bertz CT molecular complexity index is 1160. The number of Topliss-reactive ketones (excluding diaryl/α,β-unsaturated/α-hetero) is 1. The van der Waals surface area contributed by atoms with Crippen LogP contribution in [0.1, 0.15) is 57.4 Å². The predicted octanol–water partition coefficient (Wildman–Crippen LogP) is 4.76. The number of likely N-dealkylation sites (tertiary alicyclic amines) is 1. The fourth-order valence-corrected chi connectivity index (χ4v) is 4.39. The number of nitrogens with zero attached hydrogens (tertiary/aromatic N) is 2. The van der Waals surface area contributed by atoms with E-state index in [1.807, 2.05) is 63.2 Å². The van der Waals surface area contributed by atoms with Crippen LogP contribution in [0.4, 0.5) is 0 Å². The quantitative estimate of drug-likeness (QED) is 0.324. The van der Waals surface area contributed by atoms with Crippen molar-refractivity contribution >= 4 is 17.4 Å². The number of aliphatic hydroxyl groups is 1. The number of likely N-dealkylation sites (N-methyl/N-ethyl adjacent to an activating group) is 1. The van der Waals surface area contributed by atoms with Crippen LogP contribution in [0.5, 0.6) is 11.5 Å². The van der Waals surface area contributed by atoms with Gasteiger partial charge in [-0.05, 0) is 69.3 Å². The van der Waals surface area contributed by atoms with Gasteiger partial charge in [0, 0.05) is 24.2 Å². The summed E-state index contributed by atoms with van der Waals surface area (Å²) >= 11 is 0. The minimum Gasteiger partial charge on any atom is -0.507 e. The van der Waals surface area contributed by atoms with Crippen molar-refractivity contribution in [3.63, 3.8) is 0 Å². The molecule has 2 aromatic carbocycles. The molecule has 1 unspecified atom stereocenters. The lowest BCUT2D eigenvalue weighted by molar-refractivity contribution is -0.140. The summed E-state index contributed by atoms with van der Waals surface area (Å²) in [6.07, 6.45) is -0.0320. The van der Waals surface area contributed by atoms with Gasteiger partial charge in [-0.15, -0.1) is 0 Å². The van der Waals surface area contributed by atoms with Crippen LogP contribution in [0.15, 0.2) is 48.0 Å². The summed E-state index contributed by atoms with van der Waals surface area (Å²) in [7, 11) is 5.43. The van der Waals surface area contributed by atoms with Crippen molar-refractivity contribution in [2.75, 3.05) is 34.3 Å². The average molecular weight is 495 g/mol. The molecule has 1 heterocycles. The molecule has 1 N–H and O–H groups in total. The van der Waals surface area contributed by atoms with Crippen molar-refractivity contribution < 1.29 is 24.2 Å². The number of aliphatic hydroxyl groups excluding tert-OH is 1. The average Bonchev–Trinajstić information content (AvgIpc) is 3.05. The van der Waals surface area contributed by atoms with Crippen LogP contribution >= 0.6 is 0 Å². The Morgan fingerprint density at radius 1 is 1.11 bits per heavy atom. The van der Waals surface area contributed by atoms with Crippen LogP contribution in [0.25, 0.3) is 5.76 Å². The van der Waals surface area contributed by atoms with E-state index < -0.39 is 17.7 Å². The van der Waals surface area contributed by atoms with E-state index in [-0.39, 0.29) is 22.9 Å². The second kappa shape index (κ2) is 10.7. The highest BCUT2D eigenvalue weighted by molar-refractivity contribution is 6.46. The van der Waals surface area contributed by atoms with Crippen LogP contribution in [0.3, 0.4) is 0 Å². The van der Waals surface area contributed by atoms with Gasteiger partial charge in [-0.3, -0.25) is 9.59 Å². The largest absolute Gasteiger partial charge is 0.507 e. The lowest BCUT2D eigenvalue weighted by atomic mass is 9.84. The molecular formula is C29H38N2O5. The summed E-state index contributed by atoms with van der Waals surface area (Å²) in [4.78, 5) is 30.0. The minimum absolute atomic E-state index is 0.0320. The second-order valence-electron chi connectivity index (χ2n) is 10.7. The summed E-state index contributed by atoms with van der Waals surface area (Å²) in [6, 6.07) is 12.0. The Morgan fingerprint density at radius 3 is 2.39 bits per heavy atom. The molecule has 0 radical (unpaired) electrons. The van der Waals surface area contributed by atoms with Gasteiger partial charge in [0.1, 0.15) is 17.3 Å². The highest BCUT2D eigenvalue weighted by Gasteiger charge is 2.46. The molecule has 7 nitrogen and oxygen atoms in total. The standard InChI is InChI=1S/C29H38N2O5/c1-18(2)36-21-11-9-10-19(16-21)25-24(27(33)28(34)31(25)15-14-30(6)7)26(32)20-12-13-23(35-8)22(17-20)29(3,4)5/h9-13,16-18,25,32H,14-15H2,1-8H3/b26-24+. The number of benzene rings is 2. The maximum Gasteiger partial charge on any atom is 0.295 e. The van der Waals surface area contributed by atoms with E-state index in [4.69, 9.17) is 9.47 Å². The second-order valence-corrected chi connectivity index (χ2v) is 10.7. The van der Waals surface area contributed by atoms with E-state index in [2.05, 4.69) is 20.8 Å². The van der Waals surface area contributed by atoms with E-state index in [1.54, 1.807) is 19.2 Å². The predicted molar refractivity (Wildman–Crippen MR) is 141 cm³/mol. The first-order chi connectivity index (χ1) is 16.8. The first-order valence-corrected chi connectivity index (χ1v) is 12.2. The van der Waals surface area contributed by atoms with Gasteiger partial charge in [-0.25, -0.2) is 0 Å². The molecule has 7 heteroatoms. The van der Waals surface area contributed by atoms with E-state index in [0.29, 0.717) is 35.7 Å². The number of carbonyl (C=O) groups is 2. The molecule has 1 amide bonds. The fourth-order valence-electron chi connectivity index (χ4n) is 4.39.